The van der Waals surface area contributed by atoms with Crippen LogP contribution in [0.4, 0.5) is 28.9 Å². The predicted octanol–water partition coefficient (Wildman–Crippen LogP) is 5.19. The first kappa shape index (κ1) is 27.9. The van der Waals surface area contributed by atoms with Crippen molar-refractivity contribution in [2.24, 2.45) is 0 Å². The van der Waals surface area contributed by atoms with E-state index in [0.29, 0.717) is 6.54 Å². The number of nitrogens with one attached hydrogen (secondary N) is 2. The lowest BCUT2D eigenvalue weighted by atomic mass is 9.88. The molecule has 0 spiro atoms. The molecule has 0 bridgehead atoms. The van der Waals surface area contributed by atoms with Crippen LogP contribution in [0.1, 0.15) is 32.6 Å². The smallest absolute Gasteiger partial charge is 0.366 e. The van der Waals surface area contributed by atoms with Gasteiger partial charge < -0.3 is 15.4 Å². The molecule has 0 radical (unpaired) electrons. The van der Waals surface area contributed by atoms with Gasteiger partial charge in [-0.15, -0.1) is 0 Å². The number of carbonyl (C=O) groups excluding carboxylic acids is 2. The van der Waals surface area contributed by atoms with E-state index in [1.165, 1.54) is 32.0 Å². The summed E-state index contributed by atoms with van der Waals surface area (Å²) in [6.45, 7) is 3.56. The zero-order valence-corrected chi connectivity index (χ0v) is 20.8. The minimum absolute atomic E-state index is 0.123. The highest BCUT2D eigenvalue weighted by atomic mass is 19.4. The van der Waals surface area contributed by atoms with Gasteiger partial charge >= 0.3 is 6.18 Å². The van der Waals surface area contributed by atoms with E-state index in [1.807, 2.05) is 0 Å². The van der Waals surface area contributed by atoms with E-state index in [4.69, 9.17) is 4.74 Å². The normalized spacial score (nSPS) is 15.6. The molecule has 1 heterocycles. The number of nitrogens with zero attached hydrogens (tertiary/aromatic N) is 1. The number of aryl methyl sites for hydroxylation is 2. The lowest BCUT2D eigenvalue weighted by Crippen LogP contribution is -2.45. The van der Waals surface area contributed by atoms with Gasteiger partial charge in [0.1, 0.15) is 17.5 Å². The van der Waals surface area contributed by atoms with Crippen LogP contribution in [0.5, 0.6) is 0 Å². The number of ketones is 1. The summed E-state index contributed by atoms with van der Waals surface area (Å²) in [7, 11) is 0. The Balaban J connectivity index is 2.01. The second-order valence-corrected chi connectivity index (χ2v) is 8.98. The van der Waals surface area contributed by atoms with Gasteiger partial charge in [0.2, 0.25) is 5.78 Å². The number of morpholine rings is 1. The molecule has 1 fully saturated rings. The predicted molar refractivity (Wildman–Crippen MR) is 134 cm³/mol. The molecule has 0 aromatic heterocycles. The number of hydrogen-bond donors (Lipinski definition) is 2. The highest BCUT2D eigenvalue weighted by molar-refractivity contribution is 6.18. The Labute approximate surface area is 220 Å². The van der Waals surface area contributed by atoms with E-state index >= 15 is 0 Å². The Bertz CT molecular complexity index is 1450. The van der Waals surface area contributed by atoms with Crippen molar-refractivity contribution in [1.82, 2.24) is 5.32 Å². The third-order valence-electron chi connectivity index (χ3n) is 6.37. The number of hydrogen-bond acceptors (Lipinski definition) is 6. The number of halogens is 4. The molecular weight excluding hydrogens is 522 g/mol. The molecule has 1 atom stereocenters. The van der Waals surface area contributed by atoms with Crippen LogP contribution >= 0.6 is 0 Å². The van der Waals surface area contributed by atoms with Crippen LogP contribution in [0, 0.1) is 29.8 Å². The molecule has 0 saturated carbocycles. The van der Waals surface area contributed by atoms with Crippen LogP contribution in [-0.2, 0) is 15.7 Å². The number of carbonyl (C=O) groups is 2. The molecule has 1 aliphatic heterocycles. The van der Waals surface area contributed by atoms with Crippen LogP contribution in [0.2, 0.25) is 0 Å². The first-order chi connectivity index (χ1) is 18.4. The number of amides is 1. The fraction of sp³-hybridized carbons (Fsp3) is 0.259. The average molecular weight is 545 g/mol. The van der Waals surface area contributed by atoms with Crippen LogP contribution < -0.4 is 10.6 Å². The largest absolute Gasteiger partial charge is 0.416 e. The molecular formula is C27H23F4N3O5. The Morgan fingerprint density at radius 1 is 1.08 bits per heavy atom. The zero-order valence-electron chi connectivity index (χ0n) is 20.8. The standard InChI is InChI=1S/C27H23F4N3O5/c1-14-6-7-16(12-17(14)27(29,30)31)23-19(33-26(36)21-13-32-10-11-39-21)8-9-20(34(37)38)24(23)25(35)22-15(2)4-3-5-18(22)28/h3-9,12,21,32H,10-11,13H2,1-2H3,(H,33,36). The molecule has 0 aliphatic carbocycles. The fourth-order valence-corrected chi connectivity index (χ4v) is 4.45. The maximum Gasteiger partial charge on any atom is 0.416 e. The monoisotopic (exact) mass is 545 g/mol. The van der Waals surface area contributed by atoms with Crippen molar-refractivity contribution < 1.29 is 36.8 Å². The molecule has 204 valence electrons. The summed E-state index contributed by atoms with van der Waals surface area (Å²) in [4.78, 5) is 37.9. The van der Waals surface area contributed by atoms with Crippen molar-refractivity contribution in [3.8, 4) is 11.1 Å². The second-order valence-electron chi connectivity index (χ2n) is 8.98. The summed E-state index contributed by atoms with van der Waals surface area (Å²) in [5.74, 6) is -2.76. The Morgan fingerprint density at radius 2 is 1.82 bits per heavy atom. The van der Waals surface area contributed by atoms with Gasteiger partial charge in [-0.3, -0.25) is 19.7 Å². The summed E-state index contributed by atoms with van der Waals surface area (Å²) in [5.41, 5.74) is -3.65. The van der Waals surface area contributed by atoms with Crippen LogP contribution in [0.25, 0.3) is 11.1 Å². The number of nitro groups is 1. The molecule has 4 rings (SSSR count). The van der Waals surface area contributed by atoms with Gasteiger partial charge in [-0.2, -0.15) is 13.2 Å². The molecule has 1 unspecified atom stereocenters. The Morgan fingerprint density at radius 3 is 2.44 bits per heavy atom. The van der Waals surface area contributed by atoms with Gasteiger partial charge in [0.25, 0.3) is 11.6 Å². The summed E-state index contributed by atoms with van der Waals surface area (Å²) in [6, 6.07) is 8.99. The quantitative estimate of drug-likeness (QED) is 0.191. The van der Waals surface area contributed by atoms with Gasteiger partial charge in [0.05, 0.1) is 22.7 Å². The third kappa shape index (κ3) is 5.66. The fourth-order valence-electron chi connectivity index (χ4n) is 4.45. The van der Waals surface area contributed by atoms with Gasteiger partial charge in [-0.1, -0.05) is 24.3 Å². The molecule has 2 N–H and O–H groups in total. The molecule has 1 amide bonds. The molecule has 39 heavy (non-hydrogen) atoms. The van der Waals surface area contributed by atoms with Crippen molar-refractivity contribution in [3.05, 3.63) is 92.3 Å². The Hall–Kier alpha value is -4.16. The minimum atomic E-state index is -4.78. The summed E-state index contributed by atoms with van der Waals surface area (Å²) in [5, 5.41) is 17.5. The van der Waals surface area contributed by atoms with Gasteiger partial charge in [-0.25, -0.2) is 4.39 Å². The van der Waals surface area contributed by atoms with E-state index in [-0.39, 0.29) is 41.1 Å². The van der Waals surface area contributed by atoms with E-state index in [0.717, 1.165) is 30.3 Å². The lowest BCUT2D eigenvalue weighted by Gasteiger charge is -2.24. The number of anilines is 1. The molecule has 3 aromatic carbocycles. The Kier molecular flexibility index (Phi) is 7.79. The maximum absolute atomic E-state index is 14.8. The number of benzene rings is 3. The van der Waals surface area contributed by atoms with Crippen molar-refractivity contribution in [1.29, 1.82) is 0 Å². The van der Waals surface area contributed by atoms with Crippen molar-refractivity contribution in [2.45, 2.75) is 26.1 Å². The van der Waals surface area contributed by atoms with E-state index in [1.54, 1.807) is 0 Å². The van der Waals surface area contributed by atoms with E-state index < -0.39 is 57.1 Å². The highest BCUT2D eigenvalue weighted by Crippen LogP contribution is 2.42. The first-order valence-corrected chi connectivity index (χ1v) is 11.8. The van der Waals surface area contributed by atoms with E-state index in [2.05, 4.69) is 10.6 Å². The molecule has 8 nitrogen and oxygen atoms in total. The first-order valence-electron chi connectivity index (χ1n) is 11.8. The van der Waals surface area contributed by atoms with Crippen LogP contribution in [-0.4, -0.2) is 42.4 Å². The third-order valence-corrected chi connectivity index (χ3v) is 6.37. The van der Waals surface area contributed by atoms with Crippen LogP contribution in [0.15, 0.2) is 48.5 Å². The number of ether oxygens (including phenoxy) is 1. The summed E-state index contributed by atoms with van der Waals surface area (Å²) < 4.78 is 61.7. The van der Waals surface area contributed by atoms with Crippen molar-refractivity contribution >= 4 is 23.1 Å². The zero-order chi connectivity index (χ0) is 28.5. The number of rotatable bonds is 6. The molecule has 3 aromatic rings. The van der Waals surface area contributed by atoms with E-state index in [9.17, 15) is 37.3 Å². The SMILES string of the molecule is Cc1ccc(-c2c(NC(=O)C3CNCCO3)ccc([N+](=O)[O-])c2C(=O)c2c(C)cccc2F)cc1C(F)(F)F. The summed E-state index contributed by atoms with van der Waals surface area (Å²) in [6.07, 6.45) is -5.74. The van der Waals surface area contributed by atoms with Gasteiger partial charge in [-0.05, 0) is 48.7 Å². The summed E-state index contributed by atoms with van der Waals surface area (Å²) >= 11 is 0. The maximum atomic E-state index is 14.8. The van der Waals surface area contributed by atoms with Gasteiger partial charge in [0, 0.05) is 30.4 Å². The minimum Gasteiger partial charge on any atom is -0.366 e. The topological polar surface area (TPSA) is 111 Å². The van der Waals surface area contributed by atoms with Crippen LogP contribution in [0.3, 0.4) is 0 Å². The number of nitro benzene ring substituents is 1. The lowest BCUT2D eigenvalue weighted by molar-refractivity contribution is -0.385. The van der Waals surface area contributed by atoms with Crippen molar-refractivity contribution in [3.63, 3.8) is 0 Å². The van der Waals surface area contributed by atoms with Crippen molar-refractivity contribution in [2.75, 3.05) is 25.0 Å². The van der Waals surface area contributed by atoms with Gasteiger partial charge in [0.15, 0.2) is 0 Å². The number of alkyl halides is 3. The average Bonchev–Trinajstić information content (AvgIpc) is 2.88. The highest BCUT2D eigenvalue weighted by Gasteiger charge is 2.35. The molecule has 12 heteroatoms. The second kappa shape index (κ2) is 10.9. The molecule has 1 aliphatic rings. The molecule has 1 saturated heterocycles.